The van der Waals surface area contributed by atoms with Gasteiger partial charge in [0.1, 0.15) is 16.8 Å². The lowest BCUT2D eigenvalue weighted by Crippen LogP contribution is -2.26. The average Bonchev–Trinajstić information content (AvgIpc) is 3.03. The molecule has 0 atom stereocenters. The van der Waals surface area contributed by atoms with Crippen LogP contribution in [-0.2, 0) is 28.6 Å². The highest BCUT2D eigenvalue weighted by atomic mass is 19.4. The lowest BCUT2D eigenvalue weighted by molar-refractivity contribution is -0.156. The number of hydrogen-bond donors (Lipinski definition) is 0. The van der Waals surface area contributed by atoms with E-state index in [0.717, 1.165) is 12.2 Å². The first-order valence-corrected chi connectivity index (χ1v) is 17.9. The minimum absolute atomic E-state index is 0.152. The summed E-state index contributed by atoms with van der Waals surface area (Å²) in [6.45, 7) is 16.1. The Morgan fingerprint density at radius 1 is 0.526 bits per heavy atom. The van der Waals surface area contributed by atoms with E-state index in [1.807, 2.05) is 0 Å². The fourth-order valence-corrected chi connectivity index (χ4v) is 4.99. The normalized spacial score (nSPS) is 13.6. The minimum Gasteiger partial charge on any atom is -0.457 e. The van der Waals surface area contributed by atoms with Crippen LogP contribution in [0.2, 0.25) is 0 Å². The maximum Gasteiger partial charge on any atom is 0.393 e. The van der Waals surface area contributed by atoms with Gasteiger partial charge in [-0.25, -0.2) is 19.4 Å². The van der Waals surface area contributed by atoms with Gasteiger partial charge in [0.25, 0.3) is 0 Å². The number of aromatic nitrogens is 3. The van der Waals surface area contributed by atoms with Gasteiger partial charge in [0.15, 0.2) is 0 Å². The molecular formula is C42H47F6N3O6. The summed E-state index contributed by atoms with van der Waals surface area (Å²) < 4.78 is 97.4. The first-order valence-electron chi connectivity index (χ1n) is 17.9. The van der Waals surface area contributed by atoms with Crippen molar-refractivity contribution in [3.63, 3.8) is 0 Å². The number of hydrogen-bond acceptors (Lipinski definition) is 9. The van der Waals surface area contributed by atoms with Crippen LogP contribution in [0.3, 0.4) is 0 Å². The number of ether oxygens (including phenoxy) is 3. The molecular weight excluding hydrogens is 756 g/mol. The molecule has 57 heavy (non-hydrogen) atoms. The van der Waals surface area contributed by atoms with E-state index in [1.54, 1.807) is 45.9 Å². The molecule has 0 unspecified atom stereocenters. The summed E-state index contributed by atoms with van der Waals surface area (Å²) in [5.41, 5.74) is -2.56. The lowest BCUT2D eigenvalue weighted by Gasteiger charge is -2.21. The van der Waals surface area contributed by atoms with Gasteiger partial charge >= 0.3 is 30.3 Å². The monoisotopic (exact) mass is 803 g/mol. The van der Waals surface area contributed by atoms with Crippen LogP contribution in [0, 0.1) is 0 Å². The molecule has 0 amide bonds. The zero-order valence-corrected chi connectivity index (χ0v) is 33.5. The van der Waals surface area contributed by atoms with E-state index in [2.05, 4.69) is 15.0 Å². The van der Waals surface area contributed by atoms with Crippen LogP contribution in [0.25, 0.3) is 41.0 Å². The van der Waals surface area contributed by atoms with Gasteiger partial charge in [0, 0.05) is 29.1 Å². The van der Waals surface area contributed by atoms with E-state index < -0.39 is 71.1 Å². The van der Waals surface area contributed by atoms with Gasteiger partial charge in [-0.1, -0.05) is 6.92 Å². The van der Waals surface area contributed by atoms with Crippen LogP contribution < -0.4 is 0 Å². The molecule has 3 rings (SSSR count). The van der Waals surface area contributed by atoms with Gasteiger partial charge in [0.2, 0.25) is 0 Å². The third-order valence-electron chi connectivity index (χ3n) is 7.11. The molecule has 0 aliphatic rings. The lowest BCUT2D eigenvalue weighted by atomic mass is 10.0. The van der Waals surface area contributed by atoms with E-state index in [-0.39, 0.29) is 45.9 Å². The minimum atomic E-state index is -4.72. The van der Waals surface area contributed by atoms with Gasteiger partial charge in [-0.05, 0) is 140 Å². The van der Waals surface area contributed by atoms with Crippen LogP contribution in [0.1, 0.15) is 105 Å². The predicted octanol–water partition coefficient (Wildman–Crippen LogP) is 10.7. The van der Waals surface area contributed by atoms with Crippen molar-refractivity contribution < 1.29 is 54.9 Å². The third-order valence-corrected chi connectivity index (χ3v) is 7.11. The van der Waals surface area contributed by atoms with E-state index in [0.29, 0.717) is 5.56 Å². The molecule has 0 aliphatic heterocycles. The van der Waals surface area contributed by atoms with Crippen molar-refractivity contribution in [2.24, 2.45) is 0 Å². The van der Waals surface area contributed by atoms with Gasteiger partial charge < -0.3 is 14.2 Å². The number of rotatable bonds is 11. The Morgan fingerprint density at radius 2 is 0.842 bits per heavy atom. The first-order chi connectivity index (χ1) is 26.0. The Kier molecular flexibility index (Phi) is 14.4. The number of carbonyl (C=O) groups is 3. The van der Waals surface area contributed by atoms with Gasteiger partial charge in [0.05, 0.1) is 35.6 Å². The van der Waals surface area contributed by atoms with Crippen molar-refractivity contribution >= 4 is 36.1 Å². The SMILES string of the molecule is CC/C(=C\c1cc(-c2cc(/C=C(\CC(F)(F)F)C(=O)OC(C)(C)C)ccn2)nc(-c2cc(/C=C(\CC(F)(F)F)C(=O)OC(C)(C)C)ccn2)c1)C(=O)OC(C)(C)C. The molecule has 3 aromatic rings. The molecule has 0 aromatic carbocycles. The standard InChI is InChI=1S/C42H47F6N3O6/c1-11-28(35(52)55-38(2,3)4)18-27-21-33(31-19-25(12-14-49-31)16-29(23-41(43,44)45)36(53)56-39(5,6)7)51-34(22-27)32-20-26(13-15-50-32)17-30(24-42(46,47)48)37(54)57-40(8,9)10/h12-22H,11,23-24H2,1-10H3/b28-18+,29-16+,30-17+. The molecule has 0 aliphatic carbocycles. The number of alkyl halides is 6. The maximum atomic E-state index is 13.6. The summed E-state index contributed by atoms with van der Waals surface area (Å²) in [5.74, 6) is -2.88. The molecule has 308 valence electrons. The zero-order chi connectivity index (χ0) is 43.1. The van der Waals surface area contributed by atoms with E-state index in [4.69, 9.17) is 14.2 Å². The van der Waals surface area contributed by atoms with E-state index in [1.165, 1.54) is 78.2 Å². The molecule has 9 nitrogen and oxygen atoms in total. The summed E-state index contributed by atoms with van der Waals surface area (Å²) in [5, 5.41) is 0. The van der Waals surface area contributed by atoms with Gasteiger partial charge in [-0.2, -0.15) is 26.3 Å². The Hall–Kier alpha value is -5.34. The van der Waals surface area contributed by atoms with Crippen molar-refractivity contribution in [3.8, 4) is 22.8 Å². The number of halogens is 6. The highest BCUT2D eigenvalue weighted by Crippen LogP contribution is 2.32. The summed E-state index contributed by atoms with van der Waals surface area (Å²) in [6.07, 6.45) is -6.01. The number of pyridine rings is 3. The quantitative estimate of drug-likeness (QED) is 0.0808. The molecule has 0 saturated carbocycles. The predicted molar refractivity (Wildman–Crippen MR) is 204 cm³/mol. The summed E-state index contributed by atoms with van der Waals surface area (Å²) in [7, 11) is 0. The van der Waals surface area contributed by atoms with Gasteiger partial charge in [-0.15, -0.1) is 0 Å². The van der Waals surface area contributed by atoms with Crippen LogP contribution in [-0.4, -0.2) is 62.0 Å². The summed E-state index contributed by atoms with van der Waals surface area (Å²) >= 11 is 0. The number of nitrogens with zero attached hydrogens (tertiary/aromatic N) is 3. The van der Waals surface area contributed by atoms with Gasteiger partial charge in [-0.3, -0.25) is 9.97 Å². The fourth-order valence-electron chi connectivity index (χ4n) is 4.99. The maximum absolute atomic E-state index is 13.6. The second-order valence-electron chi connectivity index (χ2n) is 16.1. The molecule has 0 N–H and O–H groups in total. The molecule has 0 fully saturated rings. The topological polar surface area (TPSA) is 118 Å². The molecule has 3 heterocycles. The molecule has 0 bridgehead atoms. The summed E-state index contributed by atoms with van der Waals surface area (Å²) in [6, 6.07) is 8.74. The smallest absolute Gasteiger partial charge is 0.393 e. The van der Waals surface area contributed by atoms with Crippen molar-refractivity contribution in [3.05, 3.63) is 82.2 Å². The highest BCUT2D eigenvalue weighted by Gasteiger charge is 2.34. The molecule has 0 radical (unpaired) electrons. The number of esters is 3. The third kappa shape index (κ3) is 16.3. The van der Waals surface area contributed by atoms with Crippen molar-refractivity contribution in [2.45, 2.75) is 118 Å². The fraction of sp³-hybridized carbons (Fsp3) is 0.429. The van der Waals surface area contributed by atoms with Crippen LogP contribution in [0.5, 0.6) is 0 Å². The Bertz CT molecular complexity index is 1930. The van der Waals surface area contributed by atoms with Crippen LogP contribution >= 0.6 is 0 Å². The molecule has 15 heteroatoms. The van der Waals surface area contributed by atoms with E-state index in [9.17, 15) is 40.7 Å². The molecule has 0 spiro atoms. The average molecular weight is 804 g/mol. The number of carbonyl (C=O) groups excluding carboxylic acids is 3. The molecule has 0 saturated heterocycles. The zero-order valence-electron chi connectivity index (χ0n) is 33.5. The molecule has 3 aromatic heterocycles. The van der Waals surface area contributed by atoms with E-state index >= 15 is 0 Å². The van der Waals surface area contributed by atoms with Crippen LogP contribution in [0.4, 0.5) is 26.3 Å². The second-order valence-corrected chi connectivity index (χ2v) is 16.1. The van der Waals surface area contributed by atoms with Crippen molar-refractivity contribution in [1.29, 1.82) is 0 Å². The summed E-state index contributed by atoms with van der Waals surface area (Å²) in [4.78, 5) is 52.2. The van der Waals surface area contributed by atoms with Crippen molar-refractivity contribution in [1.82, 2.24) is 15.0 Å². The van der Waals surface area contributed by atoms with Crippen LogP contribution in [0.15, 0.2) is 65.5 Å². The largest absolute Gasteiger partial charge is 0.457 e. The Morgan fingerprint density at radius 3 is 1.16 bits per heavy atom. The highest BCUT2D eigenvalue weighted by molar-refractivity contribution is 5.96. The Balaban J connectivity index is 2.27. The Labute approximate surface area is 328 Å². The second kappa shape index (κ2) is 17.9. The first kappa shape index (κ1) is 46.0. The van der Waals surface area contributed by atoms with Crippen molar-refractivity contribution in [2.75, 3.05) is 0 Å².